The number of fused-ring (bicyclic) bond motifs is 1. The summed E-state index contributed by atoms with van der Waals surface area (Å²) in [5.41, 5.74) is 3.05. The average Bonchev–Trinajstić information content (AvgIpc) is 2.77. The van der Waals surface area contributed by atoms with E-state index in [9.17, 15) is 0 Å². The first-order valence-corrected chi connectivity index (χ1v) is 5.74. The van der Waals surface area contributed by atoms with E-state index in [0.717, 1.165) is 28.3 Å². The van der Waals surface area contributed by atoms with Crippen LogP contribution in [-0.2, 0) is 0 Å². The number of rotatable bonds is 2. The third-order valence-corrected chi connectivity index (χ3v) is 2.84. The lowest BCUT2D eigenvalue weighted by Crippen LogP contribution is -1.89. The van der Waals surface area contributed by atoms with Gasteiger partial charge in [-0.25, -0.2) is 9.50 Å². The van der Waals surface area contributed by atoms with Crippen molar-refractivity contribution in [3.05, 3.63) is 48.4 Å². The molecule has 1 aromatic carbocycles. The average molecular weight is 239 g/mol. The summed E-state index contributed by atoms with van der Waals surface area (Å²) in [5.74, 6) is 1.63. The van der Waals surface area contributed by atoms with Gasteiger partial charge in [0.25, 0.3) is 0 Å². The molecular weight excluding hydrogens is 226 g/mol. The molecule has 2 heterocycles. The SMILES string of the molecule is COc1cccc(-c2ccc3nc(C)nn3c2)c1. The van der Waals surface area contributed by atoms with Crippen molar-refractivity contribution < 1.29 is 4.74 Å². The third-order valence-electron chi connectivity index (χ3n) is 2.84. The molecule has 0 aliphatic rings. The van der Waals surface area contributed by atoms with Crippen LogP contribution in [0.2, 0.25) is 0 Å². The van der Waals surface area contributed by atoms with Crippen molar-refractivity contribution in [3.8, 4) is 16.9 Å². The Balaban J connectivity index is 2.12. The van der Waals surface area contributed by atoms with Gasteiger partial charge in [-0.1, -0.05) is 12.1 Å². The number of pyridine rings is 1. The van der Waals surface area contributed by atoms with Gasteiger partial charge in [0, 0.05) is 11.8 Å². The molecule has 0 unspecified atom stereocenters. The number of ether oxygens (including phenoxy) is 1. The number of aryl methyl sites for hydroxylation is 1. The minimum atomic E-state index is 0.776. The van der Waals surface area contributed by atoms with Gasteiger partial charge < -0.3 is 4.74 Å². The molecule has 4 nitrogen and oxygen atoms in total. The Labute approximate surface area is 105 Å². The normalized spacial score (nSPS) is 10.8. The molecule has 90 valence electrons. The Bertz CT molecular complexity index is 703. The first-order chi connectivity index (χ1) is 8.76. The predicted octanol–water partition coefficient (Wildman–Crippen LogP) is 2.71. The zero-order chi connectivity index (χ0) is 12.5. The maximum Gasteiger partial charge on any atom is 0.155 e. The summed E-state index contributed by atoms with van der Waals surface area (Å²) in [4.78, 5) is 4.31. The lowest BCUT2D eigenvalue weighted by Gasteiger charge is -2.04. The fourth-order valence-corrected chi connectivity index (χ4v) is 1.97. The van der Waals surface area contributed by atoms with Crippen molar-refractivity contribution in [2.45, 2.75) is 6.92 Å². The molecule has 4 heteroatoms. The van der Waals surface area contributed by atoms with Crippen molar-refractivity contribution in [2.24, 2.45) is 0 Å². The van der Waals surface area contributed by atoms with Crippen LogP contribution in [0.1, 0.15) is 5.82 Å². The highest BCUT2D eigenvalue weighted by Gasteiger charge is 2.03. The molecule has 0 saturated carbocycles. The van der Waals surface area contributed by atoms with Gasteiger partial charge in [-0.3, -0.25) is 0 Å². The second-order valence-corrected chi connectivity index (χ2v) is 4.11. The van der Waals surface area contributed by atoms with E-state index in [2.05, 4.69) is 10.1 Å². The van der Waals surface area contributed by atoms with Crippen LogP contribution in [0, 0.1) is 6.92 Å². The lowest BCUT2D eigenvalue weighted by molar-refractivity contribution is 0.415. The summed E-state index contributed by atoms with van der Waals surface area (Å²) in [7, 11) is 1.67. The molecule has 0 aliphatic heterocycles. The van der Waals surface area contributed by atoms with Crippen LogP contribution in [0.15, 0.2) is 42.6 Å². The highest BCUT2D eigenvalue weighted by atomic mass is 16.5. The van der Waals surface area contributed by atoms with E-state index in [1.54, 1.807) is 11.6 Å². The summed E-state index contributed by atoms with van der Waals surface area (Å²) in [6.45, 7) is 1.89. The topological polar surface area (TPSA) is 39.4 Å². The van der Waals surface area contributed by atoms with Crippen molar-refractivity contribution in [2.75, 3.05) is 7.11 Å². The first-order valence-electron chi connectivity index (χ1n) is 5.74. The molecule has 0 N–H and O–H groups in total. The minimum Gasteiger partial charge on any atom is -0.497 e. The molecule has 0 atom stereocenters. The van der Waals surface area contributed by atoms with Crippen LogP contribution in [0.3, 0.4) is 0 Å². The van der Waals surface area contributed by atoms with E-state index >= 15 is 0 Å². The van der Waals surface area contributed by atoms with Crippen LogP contribution >= 0.6 is 0 Å². The van der Waals surface area contributed by atoms with E-state index in [1.807, 2.05) is 49.5 Å². The molecule has 2 aromatic heterocycles. The van der Waals surface area contributed by atoms with Gasteiger partial charge in [-0.15, -0.1) is 0 Å². The molecule has 3 aromatic rings. The van der Waals surface area contributed by atoms with Crippen LogP contribution in [0.25, 0.3) is 16.8 Å². The lowest BCUT2D eigenvalue weighted by atomic mass is 10.1. The Morgan fingerprint density at radius 2 is 2.00 bits per heavy atom. The van der Waals surface area contributed by atoms with Gasteiger partial charge in [-0.05, 0) is 36.8 Å². The quantitative estimate of drug-likeness (QED) is 0.690. The molecule has 0 spiro atoms. The largest absolute Gasteiger partial charge is 0.497 e. The van der Waals surface area contributed by atoms with Gasteiger partial charge in [0.2, 0.25) is 0 Å². The summed E-state index contributed by atoms with van der Waals surface area (Å²) < 4.78 is 7.03. The van der Waals surface area contributed by atoms with E-state index in [0.29, 0.717) is 0 Å². The Morgan fingerprint density at radius 1 is 1.11 bits per heavy atom. The fraction of sp³-hybridized carbons (Fsp3) is 0.143. The second kappa shape index (κ2) is 4.14. The number of hydrogen-bond acceptors (Lipinski definition) is 3. The van der Waals surface area contributed by atoms with Gasteiger partial charge >= 0.3 is 0 Å². The number of hydrogen-bond donors (Lipinski definition) is 0. The molecule has 18 heavy (non-hydrogen) atoms. The van der Waals surface area contributed by atoms with E-state index in [4.69, 9.17) is 4.74 Å². The maximum atomic E-state index is 5.23. The molecular formula is C14H13N3O. The van der Waals surface area contributed by atoms with Crippen molar-refractivity contribution >= 4 is 5.65 Å². The molecule has 0 aliphatic carbocycles. The van der Waals surface area contributed by atoms with E-state index < -0.39 is 0 Å². The smallest absolute Gasteiger partial charge is 0.155 e. The highest BCUT2D eigenvalue weighted by Crippen LogP contribution is 2.23. The number of aromatic nitrogens is 3. The van der Waals surface area contributed by atoms with Crippen molar-refractivity contribution in [1.82, 2.24) is 14.6 Å². The number of nitrogens with zero attached hydrogens (tertiary/aromatic N) is 3. The Kier molecular flexibility index (Phi) is 2.48. The zero-order valence-electron chi connectivity index (χ0n) is 10.3. The van der Waals surface area contributed by atoms with Gasteiger partial charge in [0.05, 0.1) is 7.11 Å². The maximum absolute atomic E-state index is 5.23. The molecule has 0 radical (unpaired) electrons. The standard InChI is InChI=1S/C14H13N3O/c1-10-15-14-7-6-12(9-17(14)16-10)11-4-3-5-13(8-11)18-2/h3-9H,1-2H3. The minimum absolute atomic E-state index is 0.776. The summed E-state index contributed by atoms with van der Waals surface area (Å²) >= 11 is 0. The number of benzene rings is 1. The molecule has 3 rings (SSSR count). The van der Waals surface area contributed by atoms with Crippen LogP contribution in [-0.4, -0.2) is 21.7 Å². The summed E-state index contributed by atoms with van der Waals surface area (Å²) in [5, 5.41) is 4.32. The van der Waals surface area contributed by atoms with Crippen molar-refractivity contribution in [1.29, 1.82) is 0 Å². The molecule has 0 fully saturated rings. The number of methoxy groups -OCH3 is 1. The molecule has 0 bridgehead atoms. The Hall–Kier alpha value is -2.36. The second-order valence-electron chi connectivity index (χ2n) is 4.11. The fourth-order valence-electron chi connectivity index (χ4n) is 1.97. The summed E-state index contributed by atoms with van der Waals surface area (Å²) in [6, 6.07) is 12.0. The van der Waals surface area contributed by atoms with Crippen molar-refractivity contribution in [3.63, 3.8) is 0 Å². The third kappa shape index (κ3) is 1.82. The molecule has 0 amide bonds. The van der Waals surface area contributed by atoms with Gasteiger partial charge in [0.15, 0.2) is 5.65 Å². The first kappa shape index (κ1) is 10.8. The monoisotopic (exact) mass is 239 g/mol. The zero-order valence-corrected chi connectivity index (χ0v) is 10.3. The predicted molar refractivity (Wildman–Crippen MR) is 69.7 cm³/mol. The van der Waals surface area contributed by atoms with E-state index in [1.165, 1.54) is 0 Å². The van der Waals surface area contributed by atoms with Crippen LogP contribution in [0.5, 0.6) is 5.75 Å². The Morgan fingerprint density at radius 3 is 2.83 bits per heavy atom. The van der Waals surface area contributed by atoms with Crippen LogP contribution < -0.4 is 4.74 Å². The van der Waals surface area contributed by atoms with Gasteiger partial charge in [0.1, 0.15) is 11.6 Å². The highest BCUT2D eigenvalue weighted by molar-refractivity contribution is 5.65. The summed E-state index contributed by atoms with van der Waals surface area (Å²) in [6.07, 6.45) is 1.98. The van der Waals surface area contributed by atoms with Gasteiger partial charge in [-0.2, -0.15) is 5.10 Å². The van der Waals surface area contributed by atoms with Crippen LogP contribution in [0.4, 0.5) is 0 Å². The van der Waals surface area contributed by atoms with E-state index in [-0.39, 0.29) is 0 Å². The molecule has 0 saturated heterocycles.